The molecule has 0 unspecified atom stereocenters. The molecule has 0 aliphatic carbocycles. The second-order valence-corrected chi connectivity index (χ2v) is 4.63. The average molecular weight is 342 g/mol. The molecule has 0 saturated carbocycles. The number of methoxy groups -OCH3 is 1. The molecule has 0 saturated heterocycles. The molecule has 0 aliphatic rings. The summed E-state index contributed by atoms with van der Waals surface area (Å²) in [6.45, 7) is 0.389. The summed E-state index contributed by atoms with van der Waals surface area (Å²) >= 11 is 0. The topological polar surface area (TPSA) is 81.5 Å². The molecule has 24 heavy (non-hydrogen) atoms. The Bertz CT molecular complexity index is 718. The Kier molecular flexibility index (Phi) is 5.35. The molecule has 0 fully saturated rings. The largest absolute Gasteiger partial charge is 0.476 e. The molecule has 1 aromatic heterocycles. The van der Waals surface area contributed by atoms with Crippen molar-refractivity contribution in [3.8, 4) is 17.1 Å². The highest BCUT2D eigenvalue weighted by Gasteiger charge is 2.30. The van der Waals surface area contributed by atoms with Crippen molar-refractivity contribution in [2.24, 2.45) is 0 Å². The minimum atomic E-state index is -4.47. The van der Waals surface area contributed by atoms with Gasteiger partial charge in [0, 0.05) is 12.7 Å². The number of aromatic nitrogens is 2. The number of alkyl halides is 3. The first-order valence-electron chi connectivity index (χ1n) is 6.72. The van der Waals surface area contributed by atoms with Gasteiger partial charge in [0.05, 0.1) is 18.4 Å². The quantitative estimate of drug-likeness (QED) is 0.813. The number of carboxylic acid groups (broad SMARTS) is 1. The summed E-state index contributed by atoms with van der Waals surface area (Å²) in [6, 6.07) is 4.12. The Morgan fingerprint density at radius 2 is 1.88 bits per heavy atom. The third-order valence-electron chi connectivity index (χ3n) is 2.97. The summed E-state index contributed by atoms with van der Waals surface area (Å²) in [4.78, 5) is 18.8. The van der Waals surface area contributed by atoms with Gasteiger partial charge in [-0.25, -0.2) is 14.8 Å². The molecule has 0 spiro atoms. The van der Waals surface area contributed by atoms with E-state index >= 15 is 0 Å². The van der Waals surface area contributed by atoms with Crippen molar-refractivity contribution in [3.05, 3.63) is 41.7 Å². The Morgan fingerprint density at radius 1 is 1.21 bits per heavy atom. The second kappa shape index (κ2) is 7.26. The molecule has 1 heterocycles. The molecule has 9 heteroatoms. The number of aromatic carboxylic acids is 1. The van der Waals surface area contributed by atoms with E-state index in [4.69, 9.17) is 14.6 Å². The normalized spacial score (nSPS) is 11.3. The van der Waals surface area contributed by atoms with E-state index in [-0.39, 0.29) is 36.0 Å². The maximum atomic E-state index is 12.6. The standard InChI is InChI=1S/C15H13F3N2O4/c1-23-6-7-24-13-12(20-11(8-19-13)14(21)22)9-2-4-10(5-3-9)15(16,17)18/h2-5,8H,6-7H2,1H3,(H,21,22). The Morgan fingerprint density at radius 3 is 2.42 bits per heavy atom. The van der Waals surface area contributed by atoms with Crippen LogP contribution in [0.3, 0.4) is 0 Å². The molecule has 6 nitrogen and oxygen atoms in total. The number of hydrogen-bond donors (Lipinski definition) is 1. The Hall–Kier alpha value is -2.68. The fraction of sp³-hybridized carbons (Fsp3) is 0.267. The maximum Gasteiger partial charge on any atom is 0.416 e. The summed E-state index contributed by atoms with van der Waals surface area (Å²) in [5, 5.41) is 9.00. The molecule has 0 radical (unpaired) electrons. The molecular weight excluding hydrogens is 329 g/mol. The molecule has 1 aromatic carbocycles. The predicted molar refractivity (Wildman–Crippen MR) is 76.8 cm³/mol. The van der Waals surface area contributed by atoms with E-state index in [1.165, 1.54) is 19.2 Å². The fourth-order valence-electron chi connectivity index (χ4n) is 1.81. The number of carboxylic acids is 1. The van der Waals surface area contributed by atoms with Crippen LogP contribution in [-0.2, 0) is 10.9 Å². The maximum absolute atomic E-state index is 12.6. The molecule has 0 bridgehead atoms. The van der Waals surface area contributed by atoms with Gasteiger partial charge in [-0.05, 0) is 12.1 Å². The van der Waals surface area contributed by atoms with Gasteiger partial charge in [-0.15, -0.1) is 0 Å². The molecule has 0 amide bonds. The van der Waals surface area contributed by atoms with E-state index in [0.29, 0.717) is 0 Å². The van der Waals surface area contributed by atoms with Gasteiger partial charge in [0.1, 0.15) is 12.3 Å². The van der Waals surface area contributed by atoms with E-state index in [1.54, 1.807) is 0 Å². The lowest BCUT2D eigenvalue weighted by molar-refractivity contribution is -0.137. The number of benzene rings is 1. The van der Waals surface area contributed by atoms with Crippen molar-refractivity contribution >= 4 is 5.97 Å². The molecular formula is C15H13F3N2O4. The van der Waals surface area contributed by atoms with Gasteiger partial charge in [-0.2, -0.15) is 13.2 Å². The van der Waals surface area contributed by atoms with Gasteiger partial charge >= 0.3 is 12.1 Å². The predicted octanol–water partition coefficient (Wildman–Crippen LogP) is 2.89. The number of nitrogens with zero attached hydrogens (tertiary/aromatic N) is 2. The number of halogens is 3. The minimum Gasteiger partial charge on any atom is -0.476 e. The van der Waals surface area contributed by atoms with Gasteiger partial charge in [-0.3, -0.25) is 0 Å². The van der Waals surface area contributed by atoms with Crippen LogP contribution in [0.2, 0.25) is 0 Å². The molecule has 2 rings (SSSR count). The lowest BCUT2D eigenvalue weighted by atomic mass is 10.1. The molecule has 0 aliphatic heterocycles. The van der Waals surface area contributed by atoms with Crippen LogP contribution in [0.15, 0.2) is 30.5 Å². The van der Waals surface area contributed by atoms with Crippen molar-refractivity contribution in [2.75, 3.05) is 20.3 Å². The van der Waals surface area contributed by atoms with Crippen molar-refractivity contribution in [2.45, 2.75) is 6.18 Å². The summed E-state index contributed by atoms with van der Waals surface area (Å²) in [5.74, 6) is -1.30. The zero-order valence-electron chi connectivity index (χ0n) is 12.5. The Labute approximate surface area is 134 Å². The molecule has 1 N–H and O–H groups in total. The van der Waals surface area contributed by atoms with Crippen LogP contribution in [0.25, 0.3) is 11.3 Å². The lowest BCUT2D eigenvalue weighted by Crippen LogP contribution is -2.10. The van der Waals surface area contributed by atoms with Crippen LogP contribution in [0.4, 0.5) is 13.2 Å². The average Bonchev–Trinajstić information content (AvgIpc) is 2.54. The van der Waals surface area contributed by atoms with E-state index < -0.39 is 17.7 Å². The number of rotatable bonds is 6. The fourth-order valence-corrected chi connectivity index (χ4v) is 1.81. The van der Waals surface area contributed by atoms with Gasteiger partial charge in [0.2, 0.25) is 5.88 Å². The summed E-state index contributed by atoms with van der Waals surface area (Å²) in [6.07, 6.45) is -3.46. The van der Waals surface area contributed by atoms with Crippen molar-refractivity contribution < 1.29 is 32.5 Å². The third kappa shape index (κ3) is 4.19. The smallest absolute Gasteiger partial charge is 0.416 e. The van der Waals surface area contributed by atoms with Gasteiger partial charge in [-0.1, -0.05) is 12.1 Å². The van der Waals surface area contributed by atoms with Crippen LogP contribution in [0.5, 0.6) is 5.88 Å². The van der Waals surface area contributed by atoms with Crippen molar-refractivity contribution in [1.82, 2.24) is 9.97 Å². The molecule has 128 valence electrons. The Balaban J connectivity index is 2.41. The van der Waals surface area contributed by atoms with Crippen LogP contribution >= 0.6 is 0 Å². The highest BCUT2D eigenvalue weighted by atomic mass is 19.4. The molecule has 0 atom stereocenters. The summed E-state index contributed by atoms with van der Waals surface area (Å²) in [5.41, 5.74) is -0.870. The van der Waals surface area contributed by atoms with Crippen molar-refractivity contribution in [1.29, 1.82) is 0 Å². The van der Waals surface area contributed by atoms with E-state index in [9.17, 15) is 18.0 Å². The van der Waals surface area contributed by atoms with Crippen LogP contribution in [0, 0.1) is 0 Å². The highest BCUT2D eigenvalue weighted by molar-refractivity contribution is 5.86. The SMILES string of the molecule is COCCOc1ncc(C(=O)O)nc1-c1ccc(C(F)(F)F)cc1. The minimum absolute atomic E-state index is 0.0109. The molecule has 2 aromatic rings. The lowest BCUT2D eigenvalue weighted by Gasteiger charge is -2.11. The third-order valence-corrected chi connectivity index (χ3v) is 2.97. The van der Waals surface area contributed by atoms with Crippen LogP contribution in [0.1, 0.15) is 16.1 Å². The monoisotopic (exact) mass is 342 g/mol. The summed E-state index contributed by atoms with van der Waals surface area (Å²) < 4.78 is 48.1. The first kappa shape index (κ1) is 17.7. The van der Waals surface area contributed by atoms with Crippen molar-refractivity contribution in [3.63, 3.8) is 0 Å². The van der Waals surface area contributed by atoms with E-state index in [2.05, 4.69) is 9.97 Å². The van der Waals surface area contributed by atoms with Gasteiger partial charge in [0.15, 0.2) is 5.69 Å². The highest BCUT2D eigenvalue weighted by Crippen LogP contribution is 2.32. The number of hydrogen-bond acceptors (Lipinski definition) is 5. The van der Waals surface area contributed by atoms with E-state index in [0.717, 1.165) is 18.3 Å². The first-order valence-corrected chi connectivity index (χ1v) is 6.72. The van der Waals surface area contributed by atoms with Crippen LogP contribution in [-0.4, -0.2) is 41.4 Å². The first-order chi connectivity index (χ1) is 11.3. The number of ether oxygens (including phenoxy) is 2. The zero-order valence-corrected chi connectivity index (χ0v) is 12.5. The second-order valence-electron chi connectivity index (χ2n) is 4.63. The number of carbonyl (C=O) groups is 1. The van der Waals surface area contributed by atoms with Gasteiger partial charge < -0.3 is 14.6 Å². The zero-order chi connectivity index (χ0) is 17.7. The van der Waals surface area contributed by atoms with E-state index in [1.807, 2.05) is 0 Å². The van der Waals surface area contributed by atoms with Crippen LogP contribution < -0.4 is 4.74 Å². The summed E-state index contributed by atoms with van der Waals surface area (Å²) in [7, 11) is 1.47. The van der Waals surface area contributed by atoms with Gasteiger partial charge in [0.25, 0.3) is 0 Å².